The molecule has 6 nitrogen and oxygen atoms in total. The molecule has 152 valence electrons. The lowest BCUT2D eigenvalue weighted by molar-refractivity contribution is 0.0950. The minimum Gasteiger partial charge on any atom is -0.383 e. The first kappa shape index (κ1) is 19.6. The number of aryl methyl sites for hydroxylation is 2. The first-order valence-corrected chi connectivity index (χ1v) is 9.93. The van der Waals surface area contributed by atoms with E-state index in [1.165, 1.54) is 0 Å². The molecule has 0 radical (unpaired) electrons. The number of hydrogen-bond donors (Lipinski definition) is 2. The highest BCUT2D eigenvalue weighted by molar-refractivity contribution is 5.98. The standard InChI is InChI=1S/C24H25N5O/c1-15-16(2)22-20(9-10-26-23(22)25)17(3)21(15)12-27-24(30)19-11-28-29(14-19)13-18-7-5-4-6-8-18/h4-11,14H,12-13H2,1-3H3,(H2,25,26)(H,27,30). The maximum Gasteiger partial charge on any atom is 0.254 e. The summed E-state index contributed by atoms with van der Waals surface area (Å²) in [5, 5.41) is 9.43. The number of nitrogen functional groups attached to an aromatic ring is 1. The van der Waals surface area contributed by atoms with Crippen LogP contribution in [-0.4, -0.2) is 20.7 Å². The van der Waals surface area contributed by atoms with Crippen LogP contribution in [0.4, 0.5) is 5.82 Å². The minimum absolute atomic E-state index is 0.139. The second-order valence-electron chi connectivity index (χ2n) is 7.57. The van der Waals surface area contributed by atoms with E-state index in [1.54, 1.807) is 23.3 Å². The fraction of sp³-hybridized carbons (Fsp3) is 0.208. The first-order valence-electron chi connectivity index (χ1n) is 9.93. The van der Waals surface area contributed by atoms with Crippen LogP contribution < -0.4 is 11.1 Å². The van der Waals surface area contributed by atoms with Crippen LogP contribution in [0.15, 0.2) is 55.0 Å². The molecule has 0 bridgehead atoms. The predicted molar refractivity (Wildman–Crippen MR) is 119 cm³/mol. The van der Waals surface area contributed by atoms with Gasteiger partial charge in [-0.05, 0) is 60.0 Å². The third-order valence-corrected chi connectivity index (χ3v) is 5.74. The fourth-order valence-corrected chi connectivity index (χ4v) is 3.92. The van der Waals surface area contributed by atoms with Gasteiger partial charge in [0.05, 0.1) is 18.3 Å². The molecular weight excluding hydrogens is 374 g/mol. The highest BCUT2D eigenvalue weighted by Gasteiger charge is 2.16. The summed E-state index contributed by atoms with van der Waals surface area (Å²) in [5.74, 6) is 0.401. The van der Waals surface area contributed by atoms with Crippen molar-refractivity contribution in [1.82, 2.24) is 20.1 Å². The van der Waals surface area contributed by atoms with E-state index in [2.05, 4.69) is 29.2 Å². The number of fused-ring (bicyclic) bond motifs is 1. The molecule has 2 aromatic heterocycles. The van der Waals surface area contributed by atoms with Gasteiger partial charge in [0.25, 0.3) is 5.91 Å². The van der Waals surface area contributed by atoms with Crippen molar-refractivity contribution in [2.45, 2.75) is 33.9 Å². The Kier molecular flexibility index (Phi) is 5.23. The van der Waals surface area contributed by atoms with Gasteiger partial charge in [-0.25, -0.2) is 4.98 Å². The smallest absolute Gasteiger partial charge is 0.254 e. The number of nitrogens with two attached hydrogens (primary N) is 1. The zero-order chi connectivity index (χ0) is 21.3. The second-order valence-corrected chi connectivity index (χ2v) is 7.57. The van der Waals surface area contributed by atoms with Gasteiger partial charge in [0.2, 0.25) is 0 Å². The summed E-state index contributed by atoms with van der Waals surface area (Å²) in [4.78, 5) is 16.9. The number of nitrogens with one attached hydrogen (secondary N) is 1. The molecule has 6 heteroatoms. The van der Waals surface area contributed by atoms with Crippen LogP contribution in [0, 0.1) is 20.8 Å². The van der Waals surface area contributed by atoms with Gasteiger partial charge in [-0.15, -0.1) is 0 Å². The van der Waals surface area contributed by atoms with E-state index >= 15 is 0 Å². The first-order chi connectivity index (χ1) is 14.5. The molecule has 0 saturated heterocycles. The van der Waals surface area contributed by atoms with E-state index in [-0.39, 0.29) is 5.91 Å². The highest BCUT2D eigenvalue weighted by atomic mass is 16.1. The second kappa shape index (κ2) is 7.99. The van der Waals surface area contributed by atoms with Crippen LogP contribution in [0.5, 0.6) is 0 Å². The average molecular weight is 399 g/mol. The van der Waals surface area contributed by atoms with E-state index in [9.17, 15) is 4.79 Å². The molecule has 0 aliphatic heterocycles. The molecule has 2 heterocycles. The zero-order valence-corrected chi connectivity index (χ0v) is 17.4. The van der Waals surface area contributed by atoms with Gasteiger partial charge >= 0.3 is 0 Å². The maximum atomic E-state index is 12.7. The summed E-state index contributed by atoms with van der Waals surface area (Å²) in [6, 6.07) is 12.0. The molecule has 30 heavy (non-hydrogen) atoms. The van der Waals surface area contributed by atoms with Crippen molar-refractivity contribution in [3.63, 3.8) is 0 Å². The van der Waals surface area contributed by atoms with Crippen LogP contribution in [-0.2, 0) is 13.1 Å². The van der Waals surface area contributed by atoms with Crippen molar-refractivity contribution < 1.29 is 4.79 Å². The summed E-state index contributed by atoms with van der Waals surface area (Å²) in [6.45, 7) is 7.25. The van der Waals surface area contributed by atoms with Gasteiger partial charge in [-0.2, -0.15) is 5.10 Å². The molecule has 0 atom stereocenters. The molecule has 0 unspecified atom stereocenters. The number of anilines is 1. The zero-order valence-electron chi connectivity index (χ0n) is 17.4. The SMILES string of the molecule is Cc1c(CNC(=O)c2cnn(Cc3ccccc3)c2)c(C)c2ccnc(N)c2c1C. The number of nitrogens with zero attached hydrogens (tertiary/aromatic N) is 3. The summed E-state index contributed by atoms with van der Waals surface area (Å²) in [7, 11) is 0. The Morgan fingerprint density at radius 3 is 2.60 bits per heavy atom. The van der Waals surface area contributed by atoms with Crippen molar-refractivity contribution >= 4 is 22.5 Å². The van der Waals surface area contributed by atoms with Gasteiger partial charge in [0.1, 0.15) is 5.82 Å². The van der Waals surface area contributed by atoms with Gasteiger partial charge in [0, 0.05) is 24.3 Å². The molecule has 0 aliphatic carbocycles. The molecule has 0 saturated carbocycles. The Morgan fingerprint density at radius 2 is 1.83 bits per heavy atom. The number of pyridine rings is 1. The van der Waals surface area contributed by atoms with Gasteiger partial charge < -0.3 is 11.1 Å². The monoisotopic (exact) mass is 399 g/mol. The lowest BCUT2D eigenvalue weighted by Crippen LogP contribution is -2.23. The molecule has 4 rings (SSSR count). The minimum atomic E-state index is -0.139. The number of benzene rings is 2. The van der Waals surface area contributed by atoms with Crippen molar-refractivity contribution in [2.24, 2.45) is 0 Å². The Morgan fingerprint density at radius 1 is 1.07 bits per heavy atom. The lowest BCUT2D eigenvalue weighted by Gasteiger charge is -2.18. The van der Waals surface area contributed by atoms with E-state index in [4.69, 9.17) is 5.73 Å². The summed E-state index contributed by atoms with van der Waals surface area (Å²) < 4.78 is 1.77. The van der Waals surface area contributed by atoms with Gasteiger partial charge in [-0.3, -0.25) is 9.48 Å². The molecule has 2 aromatic carbocycles. The Balaban J connectivity index is 1.53. The van der Waals surface area contributed by atoms with Crippen molar-refractivity contribution in [3.05, 3.63) is 88.4 Å². The molecule has 1 amide bonds. The van der Waals surface area contributed by atoms with Crippen LogP contribution in [0.3, 0.4) is 0 Å². The van der Waals surface area contributed by atoms with E-state index in [1.807, 2.05) is 43.3 Å². The largest absolute Gasteiger partial charge is 0.383 e. The predicted octanol–water partition coefficient (Wildman–Crippen LogP) is 3.92. The Hall–Kier alpha value is -3.67. The molecule has 4 aromatic rings. The number of aromatic nitrogens is 3. The van der Waals surface area contributed by atoms with Crippen molar-refractivity contribution in [2.75, 3.05) is 5.73 Å². The summed E-state index contributed by atoms with van der Waals surface area (Å²) in [6.07, 6.45) is 5.11. The van der Waals surface area contributed by atoms with Gasteiger partial charge in [-0.1, -0.05) is 30.3 Å². The molecular formula is C24H25N5O. The Labute approximate surface area is 175 Å². The average Bonchev–Trinajstić information content (AvgIpc) is 3.21. The molecule has 0 aliphatic rings. The normalized spacial score (nSPS) is 11.0. The van der Waals surface area contributed by atoms with Crippen LogP contribution in [0.2, 0.25) is 0 Å². The summed E-state index contributed by atoms with van der Waals surface area (Å²) in [5.41, 5.74) is 12.2. The topological polar surface area (TPSA) is 85.8 Å². The van der Waals surface area contributed by atoms with E-state index < -0.39 is 0 Å². The lowest BCUT2D eigenvalue weighted by atomic mass is 9.91. The fourth-order valence-electron chi connectivity index (χ4n) is 3.92. The molecule has 0 fully saturated rings. The van der Waals surface area contributed by atoms with Crippen LogP contribution in [0.1, 0.15) is 38.2 Å². The quantitative estimate of drug-likeness (QED) is 0.533. The van der Waals surface area contributed by atoms with Crippen LogP contribution >= 0.6 is 0 Å². The molecule has 3 N–H and O–H groups in total. The number of carbonyl (C=O) groups excluding carboxylic acids is 1. The van der Waals surface area contributed by atoms with Crippen molar-refractivity contribution in [1.29, 1.82) is 0 Å². The third-order valence-electron chi connectivity index (χ3n) is 5.74. The summed E-state index contributed by atoms with van der Waals surface area (Å²) >= 11 is 0. The number of rotatable bonds is 5. The van der Waals surface area contributed by atoms with Crippen molar-refractivity contribution in [3.8, 4) is 0 Å². The molecule has 0 spiro atoms. The third kappa shape index (κ3) is 3.64. The van der Waals surface area contributed by atoms with E-state index in [0.717, 1.165) is 38.6 Å². The number of carbonyl (C=O) groups is 1. The maximum absolute atomic E-state index is 12.7. The van der Waals surface area contributed by atoms with Crippen LogP contribution in [0.25, 0.3) is 10.8 Å². The van der Waals surface area contributed by atoms with Gasteiger partial charge in [0.15, 0.2) is 0 Å². The number of amides is 1. The highest BCUT2D eigenvalue weighted by Crippen LogP contribution is 2.32. The Bertz CT molecular complexity index is 1230. The number of hydrogen-bond acceptors (Lipinski definition) is 4. The van der Waals surface area contributed by atoms with E-state index in [0.29, 0.717) is 24.5 Å².